The fourth-order valence-corrected chi connectivity index (χ4v) is 2.89. The van der Waals surface area contributed by atoms with E-state index in [0.717, 1.165) is 19.3 Å². The molecular formula is C17H17ClN2O. The highest BCUT2D eigenvalue weighted by molar-refractivity contribution is 6.33. The third-order valence-corrected chi connectivity index (χ3v) is 4.28. The summed E-state index contributed by atoms with van der Waals surface area (Å²) in [5.41, 5.74) is 9.43. The molecule has 3 rings (SSSR count). The van der Waals surface area contributed by atoms with Crippen molar-refractivity contribution in [2.45, 2.75) is 25.3 Å². The number of halogens is 1. The molecule has 0 bridgehead atoms. The molecule has 3 N–H and O–H groups in total. The number of nitrogens with one attached hydrogen (secondary N) is 1. The lowest BCUT2D eigenvalue weighted by molar-refractivity contribution is 0.0933. The Kier molecular flexibility index (Phi) is 3.84. The van der Waals surface area contributed by atoms with Crippen molar-refractivity contribution in [1.29, 1.82) is 0 Å². The molecule has 4 heteroatoms. The highest BCUT2D eigenvalue weighted by Crippen LogP contribution is 2.22. The van der Waals surface area contributed by atoms with Gasteiger partial charge in [-0.25, -0.2) is 0 Å². The number of rotatable bonds is 2. The Morgan fingerprint density at radius 2 is 1.95 bits per heavy atom. The van der Waals surface area contributed by atoms with Crippen molar-refractivity contribution in [1.82, 2.24) is 5.32 Å². The molecule has 1 aliphatic carbocycles. The summed E-state index contributed by atoms with van der Waals surface area (Å²) in [5, 5.41) is 3.56. The van der Waals surface area contributed by atoms with Crippen LogP contribution in [0.3, 0.4) is 0 Å². The number of carbonyl (C=O) groups excluding carboxylic acids is 1. The van der Waals surface area contributed by atoms with E-state index in [9.17, 15) is 4.79 Å². The summed E-state index contributed by atoms with van der Waals surface area (Å²) < 4.78 is 0. The van der Waals surface area contributed by atoms with Gasteiger partial charge in [-0.1, -0.05) is 35.9 Å². The van der Waals surface area contributed by atoms with Gasteiger partial charge < -0.3 is 11.1 Å². The van der Waals surface area contributed by atoms with Crippen LogP contribution in [-0.2, 0) is 12.8 Å². The number of hydrogen-bond donors (Lipinski definition) is 2. The van der Waals surface area contributed by atoms with E-state index in [0.29, 0.717) is 16.3 Å². The van der Waals surface area contributed by atoms with Crippen LogP contribution in [0.2, 0.25) is 5.02 Å². The minimum atomic E-state index is -0.0947. The van der Waals surface area contributed by atoms with Gasteiger partial charge in [0, 0.05) is 11.6 Å². The number of hydrogen-bond acceptors (Lipinski definition) is 2. The first kappa shape index (κ1) is 14.0. The smallest absolute Gasteiger partial charge is 0.251 e. The van der Waals surface area contributed by atoms with Gasteiger partial charge in [0.05, 0.1) is 10.7 Å². The maximum Gasteiger partial charge on any atom is 0.251 e. The second kappa shape index (κ2) is 5.78. The molecule has 0 saturated heterocycles. The average molecular weight is 301 g/mol. The van der Waals surface area contributed by atoms with Gasteiger partial charge in [0.15, 0.2) is 0 Å². The standard InChI is InChI=1S/C17H17ClN2O/c18-15-8-6-13(10-16(15)19)17(21)20-14-7-5-11-3-1-2-4-12(11)9-14/h1-4,6,8,10,14H,5,7,9,19H2,(H,20,21). The fourth-order valence-electron chi connectivity index (χ4n) is 2.77. The second-order valence-corrected chi connectivity index (χ2v) is 5.83. The van der Waals surface area contributed by atoms with Crippen molar-refractivity contribution in [3.8, 4) is 0 Å². The quantitative estimate of drug-likeness (QED) is 0.837. The second-order valence-electron chi connectivity index (χ2n) is 5.42. The van der Waals surface area contributed by atoms with Crippen LogP contribution in [-0.4, -0.2) is 11.9 Å². The summed E-state index contributed by atoms with van der Waals surface area (Å²) in [4.78, 5) is 12.3. The van der Waals surface area contributed by atoms with E-state index >= 15 is 0 Å². The van der Waals surface area contributed by atoms with Crippen LogP contribution in [0.1, 0.15) is 27.9 Å². The monoisotopic (exact) mass is 300 g/mol. The maximum absolute atomic E-state index is 12.3. The van der Waals surface area contributed by atoms with Gasteiger partial charge in [-0.3, -0.25) is 4.79 Å². The van der Waals surface area contributed by atoms with Crippen LogP contribution in [0.5, 0.6) is 0 Å². The van der Waals surface area contributed by atoms with Crippen molar-refractivity contribution in [2.24, 2.45) is 0 Å². The number of benzene rings is 2. The molecule has 0 radical (unpaired) electrons. The number of nitrogens with two attached hydrogens (primary N) is 1. The first-order valence-corrected chi connectivity index (χ1v) is 7.44. The molecule has 1 aliphatic rings. The zero-order chi connectivity index (χ0) is 14.8. The molecule has 108 valence electrons. The third-order valence-electron chi connectivity index (χ3n) is 3.94. The summed E-state index contributed by atoms with van der Waals surface area (Å²) in [6, 6.07) is 13.5. The van der Waals surface area contributed by atoms with Gasteiger partial charge >= 0.3 is 0 Å². The Labute approximate surface area is 129 Å². The predicted octanol–water partition coefficient (Wildman–Crippen LogP) is 3.21. The molecule has 0 saturated carbocycles. The minimum absolute atomic E-state index is 0.0947. The zero-order valence-electron chi connectivity index (χ0n) is 11.6. The Morgan fingerprint density at radius 3 is 2.71 bits per heavy atom. The summed E-state index contributed by atoms with van der Waals surface area (Å²) in [6.07, 6.45) is 2.85. The molecule has 1 amide bonds. The first-order chi connectivity index (χ1) is 10.1. The van der Waals surface area contributed by atoms with Crippen molar-refractivity contribution in [2.75, 3.05) is 5.73 Å². The largest absolute Gasteiger partial charge is 0.398 e. The van der Waals surface area contributed by atoms with Crippen molar-refractivity contribution in [3.63, 3.8) is 0 Å². The summed E-state index contributed by atoms with van der Waals surface area (Å²) in [5.74, 6) is -0.0947. The normalized spacial score (nSPS) is 17.1. The van der Waals surface area contributed by atoms with E-state index in [-0.39, 0.29) is 11.9 Å². The van der Waals surface area contributed by atoms with Crippen LogP contribution in [0.4, 0.5) is 5.69 Å². The van der Waals surface area contributed by atoms with Crippen molar-refractivity contribution < 1.29 is 4.79 Å². The van der Waals surface area contributed by atoms with E-state index in [4.69, 9.17) is 17.3 Å². The molecule has 2 aromatic rings. The zero-order valence-corrected chi connectivity index (χ0v) is 12.4. The van der Waals surface area contributed by atoms with E-state index in [1.54, 1.807) is 18.2 Å². The van der Waals surface area contributed by atoms with E-state index in [2.05, 4.69) is 23.5 Å². The lowest BCUT2D eigenvalue weighted by atomic mass is 9.88. The maximum atomic E-state index is 12.3. The Balaban J connectivity index is 1.70. The minimum Gasteiger partial charge on any atom is -0.398 e. The molecule has 21 heavy (non-hydrogen) atoms. The highest BCUT2D eigenvalue weighted by Gasteiger charge is 2.20. The molecular weight excluding hydrogens is 284 g/mol. The molecule has 0 aromatic heterocycles. The van der Waals surface area contributed by atoms with Gasteiger partial charge in [0.25, 0.3) is 5.91 Å². The Bertz CT molecular complexity index is 684. The van der Waals surface area contributed by atoms with Crippen LogP contribution in [0, 0.1) is 0 Å². The van der Waals surface area contributed by atoms with Crippen molar-refractivity contribution in [3.05, 3.63) is 64.2 Å². The first-order valence-electron chi connectivity index (χ1n) is 7.06. The number of carbonyl (C=O) groups is 1. The van der Waals surface area contributed by atoms with E-state index in [1.807, 2.05) is 6.07 Å². The lowest BCUT2D eigenvalue weighted by Crippen LogP contribution is -2.38. The predicted molar refractivity (Wildman–Crippen MR) is 85.6 cm³/mol. The number of nitrogen functional groups attached to an aromatic ring is 1. The van der Waals surface area contributed by atoms with Gasteiger partial charge in [-0.15, -0.1) is 0 Å². The van der Waals surface area contributed by atoms with Crippen LogP contribution in [0.25, 0.3) is 0 Å². The topological polar surface area (TPSA) is 55.1 Å². The number of fused-ring (bicyclic) bond motifs is 1. The molecule has 1 unspecified atom stereocenters. The third kappa shape index (κ3) is 3.03. The molecule has 1 atom stereocenters. The Morgan fingerprint density at radius 1 is 1.19 bits per heavy atom. The number of amides is 1. The number of anilines is 1. The summed E-state index contributed by atoms with van der Waals surface area (Å²) >= 11 is 5.88. The van der Waals surface area contributed by atoms with Crippen LogP contribution < -0.4 is 11.1 Å². The lowest BCUT2D eigenvalue weighted by Gasteiger charge is -2.25. The van der Waals surface area contributed by atoms with Crippen LogP contribution in [0.15, 0.2) is 42.5 Å². The van der Waals surface area contributed by atoms with Gasteiger partial charge in [0.1, 0.15) is 0 Å². The Hall–Kier alpha value is -2.00. The highest BCUT2D eigenvalue weighted by atomic mass is 35.5. The molecule has 3 nitrogen and oxygen atoms in total. The summed E-state index contributed by atoms with van der Waals surface area (Å²) in [6.45, 7) is 0. The molecule has 0 spiro atoms. The molecule has 0 fully saturated rings. The fraction of sp³-hybridized carbons (Fsp3) is 0.235. The van der Waals surface area contributed by atoms with Gasteiger partial charge in [0.2, 0.25) is 0 Å². The molecule has 0 aliphatic heterocycles. The number of aryl methyl sites for hydroxylation is 1. The van der Waals surface area contributed by atoms with Gasteiger partial charge in [-0.2, -0.15) is 0 Å². The summed E-state index contributed by atoms with van der Waals surface area (Å²) in [7, 11) is 0. The van der Waals surface area contributed by atoms with Gasteiger partial charge in [-0.05, 0) is 48.6 Å². The van der Waals surface area contributed by atoms with E-state index < -0.39 is 0 Å². The van der Waals surface area contributed by atoms with Crippen LogP contribution >= 0.6 is 11.6 Å². The molecule has 2 aromatic carbocycles. The molecule has 0 heterocycles. The SMILES string of the molecule is Nc1cc(C(=O)NC2CCc3ccccc3C2)ccc1Cl. The van der Waals surface area contributed by atoms with Crippen molar-refractivity contribution >= 4 is 23.2 Å². The van der Waals surface area contributed by atoms with E-state index in [1.165, 1.54) is 11.1 Å². The average Bonchev–Trinajstić information content (AvgIpc) is 2.50.